The number of aromatic amines is 1. The van der Waals surface area contributed by atoms with E-state index in [4.69, 9.17) is 0 Å². The molecule has 0 aromatic carbocycles. The Morgan fingerprint density at radius 3 is 2.74 bits per heavy atom. The molecule has 1 fully saturated rings. The third-order valence-corrected chi connectivity index (χ3v) is 6.10. The highest BCUT2D eigenvalue weighted by Crippen LogP contribution is 2.41. The Balaban J connectivity index is 1.78. The first-order valence-electron chi connectivity index (χ1n) is 7.15. The van der Waals surface area contributed by atoms with Gasteiger partial charge in [0.15, 0.2) is 0 Å². The molecule has 1 N–H and O–H groups in total. The van der Waals surface area contributed by atoms with E-state index in [-0.39, 0.29) is 5.75 Å². The molecule has 0 bridgehead atoms. The molecule has 2 aliphatic rings. The lowest BCUT2D eigenvalue weighted by Gasteiger charge is -2.19. The minimum atomic E-state index is -3.07. The predicted octanol–water partition coefficient (Wildman–Crippen LogP) is 1.43. The molecule has 3 rings (SSSR count). The maximum Gasteiger partial charge on any atom is 0.214 e. The first-order chi connectivity index (χ1) is 9.12. The van der Waals surface area contributed by atoms with Crippen LogP contribution in [-0.4, -0.2) is 41.8 Å². The summed E-state index contributed by atoms with van der Waals surface area (Å²) in [5.74, 6) is 0.882. The fourth-order valence-corrected chi connectivity index (χ4v) is 4.36. The first-order valence-corrected chi connectivity index (χ1v) is 8.76. The number of hydrogen-bond acceptors (Lipinski definition) is 3. The van der Waals surface area contributed by atoms with Gasteiger partial charge in [-0.15, -0.1) is 0 Å². The van der Waals surface area contributed by atoms with Gasteiger partial charge in [-0.1, -0.05) is 6.92 Å². The van der Waals surface area contributed by atoms with E-state index in [1.807, 2.05) is 6.92 Å². The monoisotopic (exact) mass is 283 g/mol. The molecule has 5 nitrogen and oxygen atoms in total. The van der Waals surface area contributed by atoms with Crippen molar-refractivity contribution in [3.8, 4) is 0 Å². The van der Waals surface area contributed by atoms with Gasteiger partial charge in [0, 0.05) is 31.1 Å². The lowest BCUT2D eigenvalue weighted by molar-refractivity contribution is 0.424. The lowest BCUT2D eigenvalue weighted by atomic mass is 10.1. The summed E-state index contributed by atoms with van der Waals surface area (Å²) in [6.07, 6.45) is 4.71. The van der Waals surface area contributed by atoms with Gasteiger partial charge >= 0.3 is 0 Å². The zero-order valence-corrected chi connectivity index (χ0v) is 12.2. The Kier molecular flexibility index (Phi) is 3.39. The number of sulfonamides is 1. The van der Waals surface area contributed by atoms with E-state index < -0.39 is 10.0 Å². The summed E-state index contributed by atoms with van der Waals surface area (Å²) >= 11 is 0. The molecule has 1 aliphatic heterocycles. The van der Waals surface area contributed by atoms with Gasteiger partial charge in [-0.25, -0.2) is 12.7 Å². The van der Waals surface area contributed by atoms with E-state index in [1.54, 1.807) is 4.31 Å². The molecule has 0 radical (unpaired) electrons. The quantitative estimate of drug-likeness (QED) is 0.909. The van der Waals surface area contributed by atoms with Crippen LogP contribution in [0.5, 0.6) is 0 Å². The number of nitrogens with one attached hydrogen (secondary N) is 1. The van der Waals surface area contributed by atoms with Gasteiger partial charge in [-0.05, 0) is 31.2 Å². The highest BCUT2D eigenvalue weighted by molar-refractivity contribution is 7.89. The van der Waals surface area contributed by atoms with Crippen LogP contribution in [0.1, 0.15) is 49.1 Å². The summed E-state index contributed by atoms with van der Waals surface area (Å²) in [5.41, 5.74) is 3.64. The smallest absolute Gasteiger partial charge is 0.214 e. The summed E-state index contributed by atoms with van der Waals surface area (Å²) in [5, 5.41) is 7.55. The van der Waals surface area contributed by atoms with Crippen molar-refractivity contribution in [3.63, 3.8) is 0 Å². The van der Waals surface area contributed by atoms with Gasteiger partial charge in [0.1, 0.15) is 0 Å². The number of aromatic nitrogens is 2. The zero-order chi connectivity index (χ0) is 13.5. The van der Waals surface area contributed by atoms with Crippen LogP contribution in [0.3, 0.4) is 0 Å². The van der Waals surface area contributed by atoms with Crippen LogP contribution in [0.15, 0.2) is 0 Å². The van der Waals surface area contributed by atoms with Crippen molar-refractivity contribution in [1.29, 1.82) is 0 Å². The molecule has 0 saturated heterocycles. The Labute approximate surface area is 114 Å². The molecule has 2 heterocycles. The van der Waals surface area contributed by atoms with E-state index in [0.717, 1.165) is 18.5 Å². The average Bonchev–Trinajstić information content (AvgIpc) is 3.15. The molecule has 1 saturated carbocycles. The van der Waals surface area contributed by atoms with Gasteiger partial charge in [-0.3, -0.25) is 5.10 Å². The van der Waals surface area contributed by atoms with Crippen molar-refractivity contribution >= 4 is 10.0 Å². The van der Waals surface area contributed by atoms with Crippen LogP contribution in [0, 0.1) is 0 Å². The van der Waals surface area contributed by atoms with Crippen molar-refractivity contribution in [2.75, 3.05) is 18.8 Å². The van der Waals surface area contributed by atoms with Gasteiger partial charge in [-0.2, -0.15) is 5.10 Å². The van der Waals surface area contributed by atoms with Gasteiger partial charge in [0.05, 0.1) is 11.4 Å². The molecule has 6 heteroatoms. The SMILES string of the molecule is CCCS(=O)(=O)N1CCc2[nH]nc(C3CC3)c2CC1. The molecule has 19 heavy (non-hydrogen) atoms. The zero-order valence-electron chi connectivity index (χ0n) is 11.4. The van der Waals surface area contributed by atoms with Gasteiger partial charge in [0.2, 0.25) is 10.0 Å². The van der Waals surface area contributed by atoms with Crippen molar-refractivity contribution in [2.24, 2.45) is 0 Å². The van der Waals surface area contributed by atoms with Crippen LogP contribution < -0.4 is 0 Å². The second-order valence-corrected chi connectivity index (χ2v) is 7.64. The molecular formula is C13H21N3O2S. The first kappa shape index (κ1) is 13.1. The van der Waals surface area contributed by atoms with Crippen molar-refractivity contribution in [2.45, 2.75) is 44.9 Å². The number of H-pyrrole nitrogens is 1. The minimum absolute atomic E-state index is 0.259. The third-order valence-electron chi connectivity index (χ3n) is 4.03. The van der Waals surface area contributed by atoms with Crippen molar-refractivity contribution < 1.29 is 8.42 Å². The van der Waals surface area contributed by atoms with Crippen LogP contribution >= 0.6 is 0 Å². The van der Waals surface area contributed by atoms with Crippen LogP contribution in [0.25, 0.3) is 0 Å². The van der Waals surface area contributed by atoms with E-state index in [1.165, 1.54) is 24.1 Å². The summed E-state index contributed by atoms with van der Waals surface area (Å²) in [4.78, 5) is 0. The van der Waals surface area contributed by atoms with E-state index in [2.05, 4.69) is 10.2 Å². The van der Waals surface area contributed by atoms with E-state index >= 15 is 0 Å². The number of rotatable bonds is 4. The summed E-state index contributed by atoms with van der Waals surface area (Å²) in [7, 11) is -3.07. The average molecular weight is 283 g/mol. The van der Waals surface area contributed by atoms with Crippen LogP contribution in [0.4, 0.5) is 0 Å². The Hall–Kier alpha value is -0.880. The fraction of sp³-hybridized carbons (Fsp3) is 0.769. The molecule has 0 atom stereocenters. The van der Waals surface area contributed by atoms with Crippen LogP contribution in [-0.2, 0) is 22.9 Å². The Bertz CT molecular complexity index is 560. The summed E-state index contributed by atoms with van der Waals surface area (Å²) in [6.45, 7) is 3.10. The van der Waals surface area contributed by atoms with Crippen LogP contribution in [0.2, 0.25) is 0 Å². The maximum absolute atomic E-state index is 12.1. The molecule has 1 aromatic heterocycles. The predicted molar refractivity (Wildman–Crippen MR) is 73.6 cm³/mol. The molecule has 1 aliphatic carbocycles. The highest BCUT2D eigenvalue weighted by atomic mass is 32.2. The molecule has 0 spiro atoms. The highest BCUT2D eigenvalue weighted by Gasteiger charge is 2.32. The number of fused-ring (bicyclic) bond motifs is 1. The molecule has 1 aromatic rings. The molecule has 106 valence electrons. The molecular weight excluding hydrogens is 262 g/mol. The molecule has 0 unspecified atom stereocenters. The third kappa shape index (κ3) is 2.56. The number of hydrogen-bond donors (Lipinski definition) is 1. The number of nitrogens with zero attached hydrogens (tertiary/aromatic N) is 2. The van der Waals surface area contributed by atoms with E-state index in [9.17, 15) is 8.42 Å². The fourth-order valence-electron chi connectivity index (χ4n) is 2.85. The largest absolute Gasteiger partial charge is 0.282 e. The second kappa shape index (κ2) is 4.90. The Morgan fingerprint density at radius 2 is 2.05 bits per heavy atom. The van der Waals surface area contributed by atoms with Crippen molar-refractivity contribution in [1.82, 2.24) is 14.5 Å². The van der Waals surface area contributed by atoms with E-state index in [0.29, 0.717) is 25.4 Å². The maximum atomic E-state index is 12.1. The Morgan fingerprint density at radius 1 is 1.32 bits per heavy atom. The molecule has 0 amide bonds. The van der Waals surface area contributed by atoms with Gasteiger partial charge < -0.3 is 0 Å². The van der Waals surface area contributed by atoms with Gasteiger partial charge in [0.25, 0.3) is 0 Å². The second-order valence-electron chi connectivity index (χ2n) is 5.56. The summed E-state index contributed by atoms with van der Waals surface area (Å²) in [6, 6.07) is 0. The normalized spacial score (nSPS) is 21.1. The topological polar surface area (TPSA) is 66.1 Å². The standard InChI is InChI=1S/C13H21N3O2S/c1-2-9-19(17,18)16-7-5-11-12(6-8-16)14-15-13(11)10-3-4-10/h10H,2-9H2,1H3,(H,14,15). The summed E-state index contributed by atoms with van der Waals surface area (Å²) < 4.78 is 25.9. The minimum Gasteiger partial charge on any atom is -0.282 e. The lowest BCUT2D eigenvalue weighted by Crippen LogP contribution is -2.35. The van der Waals surface area contributed by atoms with Crippen molar-refractivity contribution in [3.05, 3.63) is 17.0 Å².